The number of hydrogen-bond donors (Lipinski definition) is 1. The Kier molecular flexibility index (Phi) is 11.1. The summed E-state index contributed by atoms with van der Waals surface area (Å²) in [5.41, 5.74) is 7.43. The average Bonchev–Trinajstić information content (AvgIpc) is 3.02. The summed E-state index contributed by atoms with van der Waals surface area (Å²) in [5, 5.41) is 0. The molecule has 3 aromatic carbocycles. The first-order valence-corrected chi connectivity index (χ1v) is 15.7. The maximum atomic E-state index is 13.2. The molecule has 3 aromatic rings. The topological polar surface area (TPSA) is 113 Å². The van der Waals surface area contributed by atoms with E-state index in [0.717, 1.165) is 37.2 Å². The monoisotopic (exact) mass is 592 g/mol. The summed E-state index contributed by atoms with van der Waals surface area (Å²) in [6.45, 7) is 2.56. The number of benzene rings is 3. The number of hydrogen-bond acceptors (Lipinski definition) is 6. The molecule has 42 heavy (non-hydrogen) atoms. The van der Waals surface area contributed by atoms with Crippen molar-refractivity contribution in [2.45, 2.75) is 42.7 Å². The molecule has 0 spiro atoms. The van der Waals surface area contributed by atoms with Crippen molar-refractivity contribution in [1.29, 1.82) is 0 Å². The van der Waals surface area contributed by atoms with Crippen molar-refractivity contribution >= 4 is 22.0 Å². The molecule has 0 unspecified atom stereocenters. The quantitative estimate of drug-likeness (QED) is 0.320. The SMILES string of the molecule is CN(C[C@H](CCN1CCC(N(CC(N)=O)C(=O)OCc2ccccc2)CC1)c1ccccc1)S(=O)(=O)c1ccccc1. The summed E-state index contributed by atoms with van der Waals surface area (Å²) < 4.78 is 33.4. The van der Waals surface area contributed by atoms with Gasteiger partial charge in [0.1, 0.15) is 13.2 Å². The van der Waals surface area contributed by atoms with Crippen LogP contribution in [0.1, 0.15) is 36.3 Å². The molecule has 9 nitrogen and oxygen atoms in total. The highest BCUT2D eigenvalue weighted by molar-refractivity contribution is 7.89. The fourth-order valence-corrected chi connectivity index (χ4v) is 6.61. The second-order valence-corrected chi connectivity index (χ2v) is 12.7. The van der Waals surface area contributed by atoms with Gasteiger partial charge in [0, 0.05) is 32.7 Å². The zero-order valence-electron chi connectivity index (χ0n) is 24.0. The number of likely N-dealkylation sites (tertiary alicyclic amines) is 1. The van der Waals surface area contributed by atoms with E-state index < -0.39 is 22.0 Å². The third-order valence-corrected chi connectivity index (χ3v) is 9.59. The van der Waals surface area contributed by atoms with Gasteiger partial charge in [-0.2, -0.15) is 0 Å². The van der Waals surface area contributed by atoms with E-state index in [9.17, 15) is 18.0 Å². The second-order valence-electron chi connectivity index (χ2n) is 10.7. The molecule has 10 heteroatoms. The van der Waals surface area contributed by atoms with E-state index in [4.69, 9.17) is 10.5 Å². The molecule has 0 bridgehead atoms. The van der Waals surface area contributed by atoms with E-state index in [2.05, 4.69) is 4.90 Å². The van der Waals surface area contributed by atoms with E-state index in [1.54, 1.807) is 37.4 Å². The number of likely N-dealkylation sites (N-methyl/N-ethyl adjacent to an activating group) is 1. The number of carbonyl (C=O) groups excluding carboxylic acids is 2. The highest BCUT2D eigenvalue weighted by atomic mass is 32.2. The van der Waals surface area contributed by atoms with Gasteiger partial charge in [-0.3, -0.25) is 9.69 Å². The van der Waals surface area contributed by atoms with Gasteiger partial charge in [-0.05, 0) is 55.0 Å². The van der Waals surface area contributed by atoms with Gasteiger partial charge in [-0.25, -0.2) is 17.5 Å². The Morgan fingerprint density at radius 3 is 2.10 bits per heavy atom. The molecular weight excluding hydrogens is 552 g/mol. The minimum absolute atomic E-state index is 0.00624. The number of ether oxygens (including phenoxy) is 1. The molecular formula is C32H40N4O5S. The van der Waals surface area contributed by atoms with Crippen LogP contribution in [0.2, 0.25) is 0 Å². The molecule has 1 fully saturated rings. The first kappa shape index (κ1) is 31.2. The molecule has 0 saturated carbocycles. The maximum Gasteiger partial charge on any atom is 0.410 e. The van der Waals surface area contributed by atoms with Gasteiger partial charge in [-0.1, -0.05) is 78.9 Å². The van der Waals surface area contributed by atoms with Crippen molar-refractivity contribution in [2.75, 3.05) is 39.8 Å². The minimum atomic E-state index is -3.61. The number of nitrogens with zero attached hydrogens (tertiary/aromatic N) is 3. The van der Waals surface area contributed by atoms with Crippen LogP contribution in [-0.4, -0.2) is 80.3 Å². The number of carbonyl (C=O) groups is 2. The lowest BCUT2D eigenvalue weighted by Gasteiger charge is -2.38. The van der Waals surface area contributed by atoms with Gasteiger partial charge in [0.25, 0.3) is 0 Å². The van der Waals surface area contributed by atoms with E-state index in [-0.39, 0.29) is 30.0 Å². The Morgan fingerprint density at radius 1 is 0.929 bits per heavy atom. The van der Waals surface area contributed by atoms with Crippen LogP contribution in [0.3, 0.4) is 0 Å². The van der Waals surface area contributed by atoms with Crippen LogP contribution in [0.15, 0.2) is 95.9 Å². The van der Waals surface area contributed by atoms with Crippen LogP contribution >= 0.6 is 0 Å². The highest BCUT2D eigenvalue weighted by Gasteiger charge is 2.31. The van der Waals surface area contributed by atoms with E-state index in [0.29, 0.717) is 19.4 Å². The highest BCUT2D eigenvalue weighted by Crippen LogP contribution is 2.26. The Morgan fingerprint density at radius 2 is 1.50 bits per heavy atom. The fourth-order valence-electron chi connectivity index (χ4n) is 5.38. The Labute approximate surface area is 248 Å². The van der Waals surface area contributed by atoms with Gasteiger partial charge in [-0.15, -0.1) is 0 Å². The molecule has 2 N–H and O–H groups in total. The van der Waals surface area contributed by atoms with Gasteiger partial charge < -0.3 is 15.4 Å². The molecule has 1 aliphatic heterocycles. The van der Waals surface area contributed by atoms with Gasteiger partial charge in [0.05, 0.1) is 4.90 Å². The zero-order valence-corrected chi connectivity index (χ0v) is 24.9. The van der Waals surface area contributed by atoms with E-state index >= 15 is 0 Å². The Hall–Kier alpha value is -3.73. The van der Waals surface area contributed by atoms with Crippen molar-refractivity contribution in [3.63, 3.8) is 0 Å². The number of nitrogens with two attached hydrogens (primary N) is 1. The van der Waals surface area contributed by atoms with Crippen LogP contribution in [0, 0.1) is 0 Å². The summed E-state index contributed by atoms with van der Waals surface area (Å²) in [4.78, 5) is 28.8. The number of amides is 2. The van der Waals surface area contributed by atoms with Crippen molar-refractivity contribution < 1.29 is 22.7 Å². The van der Waals surface area contributed by atoms with Crippen LogP contribution in [0.5, 0.6) is 0 Å². The standard InChI is InChI=1S/C32H40N4O5S/c1-34(42(39,40)30-15-9-4-10-16-30)23-28(27-13-7-3-8-14-27)17-20-35-21-18-29(19-22-35)36(24-31(33)37)32(38)41-25-26-11-5-2-6-12-26/h2-16,28-29H,17-25H2,1H3,(H2,33,37)/t28-/m0/s1. The smallest absolute Gasteiger partial charge is 0.410 e. The number of primary amides is 1. The third-order valence-electron chi connectivity index (χ3n) is 7.76. The molecule has 1 atom stereocenters. The van der Waals surface area contributed by atoms with Crippen LogP contribution in [0.4, 0.5) is 4.79 Å². The minimum Gasteiger partial charge on any atom is -0.445 e. The first-order valence-electron chi connectivity index (χ1n) is 14.3. The molecule has 4 rings (SSSR count). The van der Waals surface area contributed by atoms with Crippen LogP contribution in [-0.2, 0) is 26.2 Å². The molecule has 0 aliphatic carbocycles. The van der Waals surface area contributed by atoms with E-state index in [1.807, 2.05) is 60.7 Å². The van der Waals surface area contributed by atoms with Crippen molar-refractivity contribution in [1.82, 2.24) is 14.1 Å². The van der Waals surface area contributed by atoms with Crippen molar-refractivity contribution in [2.24, 2.45) is 5.73 Å². The molecule has 1 saturated heterocycles. The summed E-state index contributed by atoms with van der Waals surface area (Å²) in [7, 11) is -1.98. The zero-order chi connectivity index (χ0) is 30.0. The van der Waals surface area contributed by atoms with Gasteiger partial charge in [0.15, 0.2) is 0 Å². The lowest BCUT2D eigenvalue weighted by atomic mass is 9.94. The summed E-state index contributed by atoms with van der Waals surface area (Å²) in [6, 6.07) is 27.7. The molecule has 224 valence electrons. The van der Waals surface area contributed by atoms with Crippen molar-refractivity contribution in [3.05, 3.63) is 102 Å². The summed E-state index contributed by atoms with van der Waals surface area (Å²) in [6.07, 6.45) is 1.61. The fraction of sp³-hybridized carbons (Fsp3) is 0.375. The molecule has 0 radical (unpaired) electrons. The van der Waals surface area contributed by atoms with Crippen molar-refractivity contribution in [3.8, 4) is 0 Å². The molecule has 1 aliphatic rings. The maximum absolute atomic E-state index is 13.2. The lowest BCUT2D eigenvalue weighted by molar-refractivity contribution is -0.119. The summed E-state index contributed by atoms with van der Waals surface area (Å²) in [5.74, 6) is -0.568. The van der Waals surface area contributed by atoms with Gasteiger partial charge in [0.2, 0.25) is 15.9 Å². The number of sulfonamides is 1. The van der Waals surface area contributed by atoms with E-state index in [1.165, 1.54) is 9.21 Å². The number of piperidine rings is 1. The second kappa shape index (κ2) is 14.9. The average molecular weight is 593 g/mol. The third kappa shape index (κ3) is 8.64. The first-order chi connectivity index (χ1) is 20.2. The lowest BCUT2D eigenvalue weighted by Crippen LogP contribution is -2.50. The molecule has 0 aromatic heterocycles. The Bertz CT molecular complexity index is 1380. The number of rotatable bonds is 13. The molecule has 1 heterocycles. The molecule has 2 amide bonds. The predicted molar refractivity (Wildman–Crippen MR) is 162 cm³/mol. The largest absolute Gasteiger partial charge is 0.445 e. The summed E-state index contributed by atoms with van der Waals surface area (Å²) >= 11 is 0. The van der Waals surface area contributed by atoms with Crippen LogP contribution in [0.25, 0.3) is 0 Å². The normalized spacial score (nSPS) is 15.3. The predicted octanol–water partition coefficient (Wildman–Crippen LogP) is 4.07. The Balaban J connectivity index is 1.35. The van der Waals surface area contributed by atoms with Crippen LogP contribution < -0.4 is 5.73 Å². The van der Waals surface area contributed by atoms with Gasteiger partial charge >= 0.3 is 6.09 Å².